The van der Waals surface area contributed by atoms with E-state index >= 15 is 0 Å². The van der Waals surface area contributed by atoms with E-state index in [2.05, 4.69) is 24.1 Å². The molecule has 1 aliphatic rings. The highest BCUT2D eigenvalue weighted by Crippen LogP contribution is 2.35. The molecule has 0 aliphatic heterocycles. The standard InChI is InChI=1S/C21H24ClN3OS/c1-11-4-9-16-17(10-11)27-21-18(16)20(26)24-19(25-21)13(3)23-12(2)14-5-7-15(22)8-6-14/h5-8,11-13,23H,4,9-10H2,1-3H3,(H,24,25,26)/t11-,12-,13-/m0/s1. The Morgan fingerprint density at radius 1 is 1.26 bits per heavy atom. The van der Waals surface area contributed by atoms with E-state index < -0.39 is 0 Å². The Morgan fingerprint density at radius 2 is 2.00 bits per heavy atom. The van der Waals surface area contributed by atoms with Crippen molar-refractivity contribution in [2.24, 2.45) is 5.92 Å². The van der Waals surface area contributed by atoms with Crippen molar-refractivity contribution < 1.29 is 0 Å². The van der Waals surface area contributed by atoms with E-state index in [0.29, 0.717) is 11.7 Å². The third-order valence-electron chi connectivity index (χ3n) is 5.46. The monoisotopic (exact) mass is 401 g/mol. The lowest BCUT2D eigenvalue weighted by Gasteiger charge is -2.20. The normalized spacial score (nSPS) is 19.0. The third kappa shape index (κ3) is 3.68. The van der Waals surface area contributed by atoms with Crippen LogP contribution in [0.5, 0.6) is 0 Å². The van der Waals surface area contributed by atoms with Crippen molar-refractivity contribution in [3.05, 3.63) is 61.5 Å². The van der Waals surface area contributed by atoms with Gasteiger partial charge in [-0.15, -0.1) is 11.3 Å². The second-order valence-corrected chi connectivity index (χ2v) is 9.16. The van der Waals surface area contributed by atoms with E-state index in [9.17, 15) is 4.79 Å². The van der Waals surface area contributed by atoms with Gasteiger partial charge in [-0.05, 0) is 62.3 Å². The number of rotatable bonds is 4. The second-order valence-electron chi connectivity index (χ2n) is 7.64. The van der Waals surface area contributed by atoms with Gasteiger partial charge in [0.1, 0.15) is 10.7 Å². The summed E-state index contributed by atoms with van der Waals surface area (Å²) in [5, 5.41) is 5.06. The molecule has 0 saturated heterocycles. The molecule has 1 aliphatic carbocycles. The second kappa shape index (κ2) is 7.38. The Bertz CT molecular complexity index is 1020. The number of nitrogens with zero attached hydrogens (tertiary/aromatic N) is 1. The molecule has 0 bridgehead atoms. The summed E-state index contributed by atoms with van der Waals surface area (Å²) in [6, 6.07) is 7.87. The first-order valence-corrected chi connectivity index (χ1v) is 10.7. The number of thiophene rings is 1. The summed E-state index contributed by atoms with van der Waals surface area (Å²) in [4.78, 5) is 22.8. The first kappa shape index (κ1) is 18.7. The van der Waals surface area contributed by atoms with Crippen LogP contribution in [-0.4, -0.2) is 9.97 Å². The van der Waals surface area contributed by atoms with E-state index in [0.717, 1.165) is 40.1 Å². The molecular formula is C21H24ClN3OS. The predicted molar refractivity (Wildman–Crippen MR) is 113 cm³/mol. The molecule has 0 unspecified atom stereocenters. The molecular weight excluding hydrogens is 378 g/mol. The smallest absolute Gasteiger partial charge is 0.259 e. The van der Waals surface area contributed by atoms with Gasteiger partial charge in [-0.25, -0.2) is 4.98 Å². The number of halogens is 1. The molecule has 0 fully saturated rings. The van der Waals surface area contributed by atoms with Crippen LogP contribution in [0.3, 0.4) is 0 Å². The SMILES string of the molecule is C[C@H]1CCc2c(sc3nc([C@H](C)N[C@@H](C)c4ccc(Cl)cc4)[nH]c(=O)c23)C1. The van der Waals surface area contributed by atoms with E-state index in [-0.39, 0.29) is 17.6 Å². The lowest BCUT2D eigenvalue weighted by molar-refractivity contribution is 0.477. The summed E-state index contributed by atoms with van der Waals surface area (Å²) < 4.78 is 0. The van der Waals surface area contributed by atoms with E-state index in [1.807, 2.05) is 31.2 Å². The molecule has 0 amide bonds. The maximum Gasteiger partial charge on any atom is 0.259 e. The number of benzene rings is 1. The average Bonchev–Trinajstić information content (AvgIpc) is 2.99. The van der Waals surface area contributed by atoms with Crippen molar-refractivity contribution in [1.29, 1.82) is 0 Å². The number of aromatic nitrogens is 2. The maximum absolute atomic E-state index is 12.8. The lowest BCUT2D eigenvalue weighted by Crippen LogP contribution is -2.26. The average molecular weight is 402 g/mol. The summed E-state index contributed by atoms with van der Waals surface area (Å²) in [6.07, 6.45) is 3.20. The van der Waals surface area contributed by atoms with Gasteiger partial charge in [-0.2, -0.15) is 0 Å². The summed E-state index contributed by atoms with van der Waals surface area (Å²) in [7, 11) is 0. The molecule has 142 valence electrons. The minimum Gasteiger partial charge on any atom is -0.309 e. The van der Waals surface area contributed by atoms with Crippen LogP contribution in [-0.2, 0) is 12.8 Å². The number of H-pyrrole nitrogens is 1. The van der Waals surface area contributed by atoms with Crippen molar-refractivity contribution >= 4 is 33.2 Å². The van der Waals surface area contributed by atoms with Gasteiger partial charge in [0, 0.05) is 15.9 Å². The van der Waals surface area contributed by atoms with Gasteiger partial charge in [0.25, 0.3) is 5.56 Å². The summed E-state index contributed by atoms with van der Waals surface area (Å²) >= 11 is 7.67. The number of fused-ring (bicyclic) bond motifs is 3. The molecule has 3 aromatic rings. The fourth-order valence-corrected chi connectivity index (χ4v) is 5.39. The molecule has 4 nitrogen and oxygen atoms in total. The first-order valence-electron chi connectivity index (χ1n) is 9.48. The van der Waals surface area contributed by atoms with Crippen LogP contribution >= 0.6 is 22.9 Å². The van der Waals surface area contributed by atoms with E-state index in [1.54, 1.807) is 11.3 Å². The summed E-state index contributed by atoms with van der Waals surface area (Å²) in [6.45, 7) is 6.41. The molecule has 6 heteroatoms. The van der Waals surface area contributed by atoms with Crippen LogP contribution in [0.25, 0.3) is 10.2 Å². The maximum atomic E-state index is 12.8. The Kier molecular flexibility index (Phi) is 5.10. The Labute approximate surface area is 168 Å². The molecule has 2 aromatic heterocycles. The predicted octanol–water partition coefficient (Wildman–Crippen LogP) is 5.17. The molecule has 1 aromatic carbocycles. The Morgan fingerprint density at radius 3 is 2.74 bits per heavy atom. The van der Waals surface area contributed by atoms with Gasteiger partial charge in [0.2, 0.25) is 0 Å². The zero-order chi connectivity index (χ0) is 19.1. The molecule has 3 atom stereocenters. The highest BCUT2D eigenvalue weighted by Gasteiger charge is 2.24. The summed E-state index contributed by atoms with van der Waals surface area (Å²) in [5.41, 5.74) is 2.37. The topological polar surface area (TPSA) is 57.8 Å². The molecule has 27 heavy (non-hydrogen) atoms. The highest BCUT2D eigenvalue weighted by molar-refractivity contribution is 7.18. The molecule has 0 radical (unpaired) electrons. The van der Waals surface area contributed by atoms with Crippen LogP contribution in [0.2, 0.25) is 5.02 Å². The van der Waals surface area contributed by atoms with Crippen molar-refractivity contribution in [3.8, 4) is 0 Å². The number of nitrogens with one attached hydrogen (secondary N) is 2. The van der Waals surface area contributed by atoms with Crippen LogP contribution in [0, 0.1) is 5.92 Å². The fourth-order valence-electron chi connectivity index (χ4n) is 3.87. The highest BCUT2D eigenvalue weighted by atomic mass is 35.5. The van der Waals surface area contributed by atoms with Crippen LogP contribution in [0.15, 0.2) is 29.1 Å². The first-order chi connectivity index (χ1) is 12.9. The molecule has 4 rings (SSSR count). The van der Waals surface area contributed by atoms with Crippen LogP contribution in [0.4, 0.5) is 0 Å². The Balaban J connectivity index is 1.61. The molecule has 2 heterocycles. The van der Waals surface area contributed by atoms with Gasteiger partial charge in [-0.3, -0.25) is 4.79 Å². The van der Waals surface area contributed by atoms with Crippen molar-refractivity contribution in [1.82, 2.24) is 15.3 Å². The van der Waals surface area contributed by atoms with E-state index in [1.165, 1.54) is 10.4 Å². The quantitative estimate of drug-likeness (QED) is 0.633. The lowest BCUT2D eigenvalue weighted by atomic mass is 9.89. The van der Waals surface area contributed by atoms with E-state index in [4.69, 9.17) is 16.6 Å². The number of hydrogen-bond donors (Lipinski definition) is 2. The van der Waals surface area contributed by atoms with Gasteiger partial charge in [0.15, 0.2) is 0 Å². The van der Waals surface area contributed by atoms with Crippen molar-refractivity contribution in [2.75, 3.05) is 0 Å². The largest absolute Gasteiger partial charge is 0.309 e. The molecule has 0 spiro atoms. The van der Waals surface area contributed by atoms with Gasteiger partial charge < -0.3 is 10.3 Å². The van der Waals surface area contributed by atoms with Gasteiger partial charge >= 0.3 is 0 Å². The van der Waals surface area contributed by atoms with Gasteiger partial charge in [0.05, 0.1) is 11.4 Å². The molecule has 2 N–H and O–H groups in total. The number of aryl methyl sites for hydroxylation is 1. The zero-order valence-corrected chi connectivity index (χ0v) is 17.4. The fraction of sp³-hybridized carbons (Fsp3) is 0.429. The number of hydrogen-bond acceptors (Lipinski definition) is 4. The third-order valence-corrected chi connectivity index (χ3v) is 6.86. The Hall–Kier alpha value is -1.69. The van der Waals surface area contributed by atoms with Crippen molar-refractivity contribution in [3.63, 3.8) is 0 Å². The van der Waals surface area contributed by atoms with Crippen LogP contribution < -0.4 is 10.9 Å². The molecule has 0 saturated carbocycles. The minimum atomic E-state index is -0.0640. The number of aromatic amines is 1. The van der Waals surface area contributed by atoms with Gasteiger partial charge in [-0.1, -0.05) is 30.7 Å². The summed E-state index contributed by atoms with van der Waals surface area (Å²) in [5.74, 6) is 1.38. The zero-order valence-electron chi connectivity index (χ0n) is 15.8. The minimum absolute atomic E-state index is 0.00477. The van der Waals surface area contributed by atoms with Crippen LogP contribution in [0.1, 0.15) is 61.1 Å². The van der Waals surface area contributed by atoms with Crippen molar-refractivity contribution in [2.45, 2.75) is 52.1 Å².